The van der Waals surface area contributed by atoms with Gasteiger partial charge in [-0.05, 0) is 13.8 Å². The second-order valence-electron chi connectivity index (χ2n) is 1.96. The minimum atomic E-state index is 0.542. The molecule has 0 N–H and O–H groups in total. The lowest BCUT2D eigenvalue weighted by molar-refractivity contribution is 1.09. The molecule has 9 heavy (non-hydrogen) atoms. The van der Waals surface area contributed by atoms with Crippen molar-refractivity contribution < 1.29 is 0 Å². The summed E-state index contributed by atoms with van der Waals surface area (Å²) < 4.78 is 0. The maximum atomic E-state index is 8.11. The van der Waals surface area contributed by atoms with E-state index in [4.69, 9.17) is 5.26 Å². The van der Waals surface area contributed by atoms with Gasteiger partial charge in [0.15, 0.2) is 0 Å². The van der Waals surface area contributed by atoms with Gasteiger partial charge in [0.25, 0.3) is 0 Å². The van der Waals surface area contributed by atoms with Crippen molar-refractivity contribution >= 4 is 0 Å². The number of hydrogen-bond donors (Lipinski definition) is 0. The molecule has 0 aromatic carbocycles. The molecular formula is C8H10N. The Morgan fingerprint density at radius 3 is 2.44 bits per heavy atom. The number of nitrogens with zero attached hydrogens (tertiary/aromatic N) is 1. The van der Waals surface area contributed by atoms with Crippen molar-refractivity contribution in [3.63, 3.8) is 0 Å². The van der Waals surface area contributed by atoms with E-state index in [1.165, 1.54) is 0 Å². The smallest absolute Gasteiger partial charge is 0.0631 e. The number of unbranched alkanes of at least 4 members (excludes halogenated alkanes) is 1. The van der Waals surface area contributed by atoms with Crippen molar-refractivity contribution in [1.82, 2.24) is 0 Å². The largest absolute Gasteiger partial charge is 0.198 e. The fourth-order valence-electron chi connectivity index (χ4n) is 0.358. The molecule has 0 aliphatic heterocycles. The van der Waals surface area contributed by atoms with Crippen LogP contribution in [-0.4, -0.2) is 0 Å². The third kappa shape index (κ3) is 7.05. The topological polar surface area (TPSA) is 23.8 Å². The van der Waals surface area contributed by atoms with Crippen molar-refractivity contribution in [2.24, 2.45) is 0 Å². The molecule has 0 bridgehead atoms. The Labute approximate surface area is 56.7 Å². The van der Waals surface area contributed by atoms with Gasteiger partial charge in [-0.15, -0.1) is 5.92 Å². The zero-order valence-electron chi connectivity index (χ0n) is 5.86. The van der Waals surface area contributed by atoms with E-state index in [9.17, 15) is 0 Å². The van der Waals surface area contributed by atoms with E-state index in [2.05, 4.69) is 11.8 Å². The highest BCUT2D eigenvalue weighted by molar-refractivity contribution is 5.17. The predicted octanol–water partition coefficient (Wildman–Crippen LogP) is 1.91. The summed E-state index contributed by atoms with van der Waals surface area (Å²) in [7, 11) is 0. The van der Waals surface area contributed by atoms with Gasteiger partial charge in [-0.25, -0.2) is 0 Å². The van der Waals surface area contributed by atoms with Crippen molar-refractivity contribution in [3.05, 3.63) is 5.92 Å². The maximum absolute atomic E-state index is 8.11. The van der Waals surface area contributed by atoms with E-state index >= 15 is 0 Å². The Balaban J connectivity index is 3.29. The lowest BCUT2D eigenvalue weighted by Gasteiger charge is -1.83. The molecule has 0 fully saturated rings. The molecule has 0 aliphatic rings. The molecule has 0 heterocycles. The summed E-state index contributed by atoms with van der Waals surface area (Å²) in [5, 5.41) is 8.11. The summed E-state index contributed by atoms with van der Waals surface area (Å²) in [4.78, 5) is 0. The first kappa shape index (κ1) is 8.05. The van der Waals surface area contributed by atoms with Gasteiger partial charge in [0.1, 0.15) is 0 Å². The maximum Gasteiger partial charge on any atom is 0.0631 e. The van der Waals surface area contributed by atoms with E-state index in [1.807, 2.05) is 19.9 Å². The van der Waals surface area contributed by atoms with Crippen LogP contribution in [0.15, 0.2) is 0 Å². The van der Waals surface area contributed by atoms with Crippen LogP contribution >= 0.6 is 0 Å². The average molecular weight is 120 g/mol. The molecule has 1 heteroatoms. The number of rotatable bonds is 1. The molecule has 0 atom stereocenters. The monoisotopic (exact) mass is 120 g/mol. The van der Waals surface area contributed by atoms with Gasteiger partial charge in [-0.2, -0.15) is 5.26 Å². The molecular weight excluding hydrogens is 110 g/mol. The predicted molar refractivity (Wildman–Crippen MR) is 37.2 cm³/mol. The summed E-state index contributed by atoms with van der Waals surface area (Å²) in [6.07, 6.45) is 1.24. The molecule has 0 unspecified atom stereocenters. The minimum Gasteiger partial charge on any atom is -0.198 e. The zero-order chi connectivity index (χ0) is 7.11. The quantitative estimate of drug-likeness (QED) is 0.383. The molecule has 0 saturated carbocycles. The van der Waals surface area contributed by atoms with E-state index < -0.39 is 0 Å². The fraction of sp³-hybridized carbons (Fsp3) is 0.500. The lowest BCUT2D eigenvalue weighted by atomic mass is 10.2. The van der Waals surface area contributed by atoms with Gasteiger partial charge in [0, 0.05) is 18.8 Å². The first-order valence-corrected chi connectivity index (χ1v) is 2.93. The Kier molecular flexibility index (Phi) is 4.64. The Bertz CT molecular complexity index is 152. The van der Waals surface area contributed by atoms with Crippen molar-refractivity contribution in [1.29, 1.82) is 5.26 Å². The van der Waals surface area contributed by atoms with Crippen LogP contribution in [0, 0.1) is 29.1 Å². The van der Waals surface area contributed by atoms with Crippen LogP contribution in [-0.2, 0) is 0 Å². The molecule has 1 nitrogen and oxygen atoms in total. The molecule has 0 aromatic rings. The molecule has 0 amide bonds. The van der Waals surface area contributed by atoms with Crippen LogP contribution in [0.3, 0.4) is 0 Å². The summed E-state index contributed by atoms with van der Waals surface area (Å²) in [6, 6.07) is 2.03. The Morgan fingerprint density at radius 1 is 1.33 bits per heavy atom. The van der Waals surface area contributed by atoms with Gasteiger partial charge in [0.05, 0.1) is 6.07 Å². The highest BCUT2D eigenvalue weighted by Crippen LogP contribution is 1.90. The van der Waals surface area contributed by atoms with Gasteiger partial charge in [-0.1, -0.05) is 5.92 Å². The third-order valence-electron chi connectivity index (χ3n) is 0.700. The van der Waals surface area contributed by atoms with Gasteiger partial charge in [0.2, 0.25) is 0 Å². The van der Waals surface area contributed by atoms with Crippen molar-refractivity contribution in [2.45, 2.75) is 26.7 Å². The third-order valence-corrected chi connectivity index (χ3v) is 0.700. The molecule has 0 aromatic heterocycles. The van der Waals surface area contributed by atoms with Crippen LogP contribution < -0.4 is 0 Å². The highest BCUT2D eigenvalue weighted by atomic mass is 14.2. The normalized spacial score (nSPS) is 7.78. The lowest BCUT2D eigenvalue weighted by Crippen LogP contribution is -1.74. The molecule has 0 spiro atoms. The standard InChI is InChI=1S/C8H10N/c1-8(2)6-4-3-5-7-9/h3,5H2,1-2H3. The average Bonchev–Trinajstić information content (AvgIpc) is 1.80. The van der Waals surface area contributed by atoms with Crippen LogP contribution in [0.25, 0.3) is 0 Å². The summed E-state index contributed by atoms with van der Waals surface area (Å²) in [5.41, 5.74) is 0. The van der Waals surface area contributed by atoms with Crippen molar-refractivity contribution in [3.8, 4) is 17.9 Å². The van der Waals surface area contributed by atoms with Gasteiger partial charge >= 0.3 is 0 Å². The SMILES string of the molecule is C[C](C)C#CCCC#N. The molecule has 0 saturated heterocycles. The Morgan fingerprint density at radius 2 is 2.00 bits per heavy atom. The zero-order valence-corrected chi connectivity index (χ0v) is 5.86. The fourth-order valence-corrected chi connectivity index (χ4v) is 0.358. The van der Waals surface area contributed by atoms with Crippen molar-refractivity contribution in [2.75, 3.05) is 0 Å². The van der Waals surface area contributed by atoms with Crippen LogP contribution in [0.5, 0.6) is 0 Å². The number of nitriles is 1. The second kappa shape index (κ2) is 5.19. The summed E-state index contributed by atoms with van der Waals surface area (Å²) in [5.74, 6) is 6.88. The van der Waals surface area contributed by atoms with E-state index in [0.29, 0.717) is 12.8 Å². The van der Waals surface area contributed by atoms with E-state index in [1.54, 1.807) is 0 Å². The highest BCUT2D eigenvalue weighted by Gasteiger charge is 1.81. The van der Waals surface area contributed by atoms with Crippen LogP contribution in [0.1, 0.15) is 26.7 Å². The molecule has 0 rings (SSSR count). The first-order chi connectivity index (χ1) is 4.27. The van der Waals surface area contributed by atoms with Crippen LogP contribution in [0.4, 0.5) is 0 Å². The van der Waals surface area contributed by atoms with Crippen LogP contribution in [0.2, 0.25) is 0 Å². The van der Waals surface area contributed by atoms with Gasteiger partial charge in [-0.3, -0.25) is 0 Å². The molecule has 47 valence electrons. The first-order valence-electron chi connectivity index (χ1n) is 2.93. The van der Waals surface area contributed by atoms with E-state index in [-0.39, 0.29) is 0 Å². The summed E-state index contributed by atoms with van der Waals surface area (Å²) >= 11 is 0. The molecule has 1 radical (unpaired) electrons. The second-order valence-corrected chi connectivity index (χ2v) is 1.96. The summed E-state index contributed by atoms with van der Waals surface area (Å²) in [6.45, 7) is 3.92. The minimum absolute atomic E-state index is 0.542. The Hall–Kier alpha value is -0.950. The number of hydrogen-bond acceptors (Lipinski definition) is 1. The van der Waals surface area contributed by atoms with E-state index in [0.717, 1.165) is 5.92 Å². The van der Waals surface area contributed by atoms with Gasteiger partial charge < -0.3 is 0 Å². The molecule has 0 aliphatic carbocycles.